The van der Waals surface area contributed by atoms with Crippen molar-refractivity contribution in [3.63, 3.8) is 0 Å². The lowest BCUT2D eigenvalue weighted by atomic mass is 9.75. The number of aliphatic hydroxyl groups is 5. The second kappa shape index (κ2) is 33.3. The lowest BCUT2D eigenvalue weighted by Crippen LogP contribution is -2.65. The van der Waals surface area contributed by atoms with Crippen molar-refractivity contribution in [1.29, 1.82) is 0 Å². The monoisotopic (exact) mass is 1420 g/mol. The minimum Gasteiger partial charge on any atom is -0.492 e. The Labute approximate surface area is 543 Å². The summed E-state index contributed by atoms with van der Waals surface area (Å²) in [5.74, 6) is 10.5. The summed E-state index contributed by atoms with van der Waals surface area (Å²) in [7, 11) is 9.21. The van der Waals surface area contributed by atoms with Gasteiger partial charge in [-0.25, -0.2) is 4.79 Å². The summed E-state index contributed by atoms with van der Waals surface area (Å²) in [5, 5.41) is 62.3. The van der Waals surface area contributed by atoms with Crippen molar-refractivity contribution in [2.24, 2.45) is 0 Å². The predicted molar refractivity (Wildman–Crippen MR) is 332 cm³/mol. The fraction of sp³-hybridized carbons (Fsp3) is 0.661. The summed E-state index contributed by atoms with van der Waals surface area (Å²) >= 11 is 2.81. The lowest BCUT2D eigenvalue weighted by molar-refractivity contribution is -0.336. The van der Waals surface area contributed by atoms with Crippen molar-refractivity contribution >= 4 is 78.9 Å². The molecule has 494 valence electrons. The van der Waals surface area contributed by atoms with E-state index in [0.29, 0.717) is 15.7 Å². The highest BCUT2D eigenvalue weighted by molar-refractivity contribution is 14.1. The molecule has 7 rings (SSSR count). The third-order valence-corrected chi connectivity index (χ3v) is 20.8. The first-order valence-corrected chi connectivity index (χ1v) is 33.2. The molecule has 1 aromatic carbocycles. The second-order valence-electron chi connectivity index (χ2n) is 21.3. The summed E-state index contributed by atoms with van der Waals surface area (Å²) in [5.41, 5.74) is 0.917. The fourth-order valence-corrected chi connectivity index (χ4v) is 14.6. The average molecular weight is 1420 g/mol. The number of benzene rings is 1. The first-order chi connectivity index (χ1) is 42.5. The average Bonchev–Trinajstić information content (AvgIpc) is 1.01. The molecule has 2 bridgehead atoms. The topological polar surface area (TPSA) is 335 Å². The first-order valence-electron chi connectivity index (χ1n) is 28.8. The summed E-state index contributed by atoms with van der Waals surface area (Å²) in [6.45, 7) is 12.9. The number of aliphatic hydroxyl groups excluding tert-OH is 4. The van der Waals surface area contributed by atoms with Crippen molar-refractivity contribution in [2.45, 2.75) is 188 Å². The number of esters is 1. The number of allylic oxidation sites excluding steroid dienone is 3. The number of amides is 1. The van der Waals surface area contributed by atoms with Gasteiger partial charge >= 0.3 is 12.1 Å². The molecule has 4 fully saturated rings. The molecular formula is C59H80IN3O23S3. The largest absolute Gasteiger partial charge is 0.492 e. The maximum atomic E-state index is 14.5. The van der Waals surface area contributed by atoms with E-state index < -0.39 is 144 Å². The number of hydroxylamine groups is 1. The van der Waals surface area contributed by atoms with Gasteiger partial charge in [0.25, 0.3) is 0 Å². The number of carbonyl (C=O) groups excluding carboxylic acids is 4. The number of hydrogen-bond acceptors (Lipinski definition) is 28. The number of carbonyl (C=O) groups is 4. The van der Waals surface area contributed by atoms with Crippen LogP contribution in [0.1, 0.15) is 76.7 Å². The zero-order chi connectivity index (χ0) is 65.0. The van der Waals surface area contributed by atoms with E-state index in [1.807, 2.05) is 29.5 Å². The van der Waals surface area contributed by atoms with Gasteiger partial charge in [0.05, 0.1) is 104 Å². The van der Waals surface area contributed by atoms with Crippen LogP contribution in [0.4, 0.5) is 4.79 Å². The number of fused-ring (bicyclic) bond motifs is 2. The third kappa shape index (κ3) is 17.1. The van der Waals surface area contributed by atoms with Crippen LogP contribution in [-0.2, 0) is 61.8 Å². The number of hydrogen-bond donors (Lipinski definition) is 8. The molecule has 0 spiro atoms. The van der Waals surface area contributed by atoms with E-state index in [0.717, 1.165) is 18.9 Å². The molecule has 0 saturated carbocycles. The highest BCUT2D eigenvalue weighted by atomic mass is 127. The van der Waals surface area contributed by atoms with Crippen LogP contribution in [0.15, 0.2) is 35.1 Å². The molecule has 6 aliphatic rings. The van der Waals surface area contributed by atoms with Crippen molar-refractivity contribution in [1.82, 2.24) is 16.1 Å². The number of alkyl carbamates (subject to hydrolysis) is 1. The van der Waals surface area contributed by atoms with E-state index in [1.165, 1.54) is 55.1 Å². The van der Waals surface area contributed by atoms with Crippen LogP contribution in [0.5, 0.6) is 17.2 Å². The van der Waals surface area contributed by atoms with Crippen LogP contribution in [0.2, 0.25) is 0 Å². The SMILES string of the molecule is CCN[C@H]1CO[C@@H](O[C@H]2[C@H](O[C@H]3C#CC=CC#C[C@]4(O)CC(=O)C(NC(=O)OC)=C3/C4=C\CSSC(C)C(=O)OCC)O[C@H](C)[C@@H](NO[C@H]3C[C@H](O)[C@H](SC(=O)c4c(C)c(I)c(O[C@@H]5O[C@@H](C)[C@H](O)[C@@H](OC)[C@H]5O)c(OC)c4OC)[C@@H](C)O3)[C@@H]2O)C[C@@H]1OC. The second-order valence-corrected chi connectivity index (χ2v) is 26.3. The van der Waals surface area contributed by atoms with Gasteiger partial charge in [-0.05, 0) is 88.4 Å². The van der Waals surface area contributed by atoms with Gasteiger partial charge < -0.3 is 92.4 Å². The molecule has 8 N–H and O–H groups in total. The first kappa shape index (κ1) is 72.6. The number of halogens is 1. The summed E-state index contributed by atoms with van der Waals surface area (Å²) in [6, 6.07) is -1.33. The van der Waals surface area contributed by atoms with E-state index in [1.54, 1.807) is 54.7 Å². The van der Waals surface area contributed by atoms with Crippen molar-refractivity contribution in [2.75, 3.05) is 61.1 Å². The Kier molecular flexibility index (Phi) is 27.2. The fourth-order valence-electron chi connectivity index (χ4n) is 10.9. The molecule has 0 radical (unpaired) electrons. The highest BCUT2D eigenvalue weighted by Crippen LogP contribution is 2.49. The molecule has 4 heterocycles. The molecule has 2 aliphatic carbocycles. The lowest BCUT2D eigenvalue weighted by Gasteiger charge is -2.46. The van der Waals surface area contributed by atoms with Crippen LogP contribution in [0.3, 0.4) is 0 Å². The molecule has 30 heteroatoms. The van der Waals surface area contributed by atoms with Crippen LogP contribution < -0.4 is 30.3 Å². The summed E-state index contributed by atoms with van der Waals surface area (Å²) in [6.07, 6.45) is -14.6. The smallest absolute Gasteiger partial charge is 0.411 e. The zero-order valence-corrected chi connectivity index (χ0v) is 55.9. The molecule has 0 aromatic heterocycles. The Morgan fingerprint density at radius 2 is 1.60 bits per heavy atom. The standard InChI is InChI=1S/C59H80IN3O23S3/c1-13-61-33-26-79-38(24-37(33)73-8)84-51-46(67)43(28(4)81-57(51)83-36-19-17-15-16-18-21-59(72)25-35(65)44(62-58(71)77-12)41(36)32(59)20-22-87-89-31(7)54(69)78-14-2)63-86-39-23-34(64)53(30(6)80-39)88-55(70)40-27(3)42(60)49(52(76-11)48(40)74-9)85-56-47(68)50(75-10)45(66)29(5)82-56/h15-16,20,28-31,33-34,36-39,43,45-47,50-51,53,56-57,61,63-64,66-68,72H,13-14,22-26H2,1-12H3,(H,62,71)/b16-15?,32-20+/t28-,29+,30-,31?,33+,34+,36+,37+,38+,39+,43-,45+,46+,47-,50-,51-,53-,56+,57+,59+/m1/s1. The number of methoxy groups -OCH3 is 5. The minimum absolute atomic E-state index is 0.0159. The van der Waals surface area contributed by atoms with Crippen LogP contribution in [0.25, 0.3) is 0 Å². The van der Waals surface area contributed by atoms with Gasteiger partial charge in [0.2, 0.25) is 17.2 Å². The normalized spacial score (nSPS) is 34.5. The molecule has 1 amide bonds. The third-order valence-electron chi connectivity index (χ3n) is 15.5. The van der Waals surface area contributed by atoms with Gasteiger partial charge in [-0.3, -0.25) is 24.5 Å². The summed E-state index contributed by atoms with van der Waals surface area (Å²) < 4.78 is 77.8. The zero-order valence-electron chi connectivity index (χ0n) is 51.3. The molecule has 1 unspecified atom stereocenters. The highest BCUT2D eigenvalue weighted by Gasteiger charge is 2.52. The van der Waals surface area contributed by atoms with E-state index in [4.69, 9.17) is 66.4 Å². The molecular weight excluding hydrogens is 1340 g/mol. The van der Waals surface area contributed by atoms with Gasteiger partial charge in [-0.2, -0.15) is 5.48 Å². The Morgan fingerprint density at radius 1 is 0.876 bits per heavy atom. The molecule has 89 heavy (non-hydrogen) atoms. The van der Waals surface area contributed by atoms with E-state index in [2.05, 4.69) is 39.8 Å². The van der Waals surface area contributed by atoms with Gasteiger partial charge in [-0.1, -0.05) is 70.0 Å². The number of ether oxygens (including phenoxy) is 13. The molecule has 26 nitrogen and oxygen atoms in total. The molecule has 4 aliphatic heterocycles. The van der Waals surface area contributed by atoms with Crippen LogP contribution in [0, 0.1) is 34.2 Å². The van der Waals surface area contributed by atoms with Gasteiger partial charge in [0.1, 0.15) is 41.9 Å². The number of Topliss-reactive ketones (excluding diaryl/α,β-unsaturated/α-hetero) is 1. The Hall–Kier alpha value is -3.82. The van der Waals surface area contributed by atoms with Crippen LogP contribution >= 0.6 is 55.9 Å². The minimum atomic E-state index is -2.16. The van der Waals surface area contributed by atoms with Gasteiger partial charge in [-0.15, -0.1) is 0 Å². The van der Waals surface area contributed by atoms with Crippen LogP contribution in [-0.4, -0.2) is 230 Å². The number of likely N-dealkylation sites (N-methyl/N-ethyl adjacent to an activating group) is 1. The van der Waals surface area contributed by atoms with E-state index in [-0.39, 0.29) is 77.5 Å². The predicted octanol–water partition coefficient (Wildman–Crippen LogP) is 2.87. The summed E-state index contributed by atoms with van der Waals surface area (Å²) in [4.78, 5) is 60.3. The van der Waals surface area contributed by atoms with Crippen molar-refractivity contribution in [3.8, 4) is 40.9 Å². The van der Waals surface area contributed by atoms with Gasteiger partial charge in [0.15, 0.2) is 41.8 Å². The molecule has 20 atom stereocenters. The van der Waals surface area contributed by atoms with Gasteiger partial charge in [0, 0.05) is 44.0 Å². The van der Waals surface area contributed by atoms with Crippen molar-refractivity contribution in [3.05, 3.63) is 49.8 Å². The quantitative estimate of drug-likeness (QED) is 0.0184. The Bertz CT molecular complexity index is 2890. The maximum Gasteiger partial charge on any atom is 0.411 e. The van der Waals surface area contributed by atoms with E-state index >= 15 is 0 Å². The number of ketones is 1. The Balaban J connectivity index is 1.13. The maximum absolute atomic E-state index is 14.5. The van der Waals surface area contributed by atoms with Crippen molar-refractivity contribution < 1.29 is 111 Å². The molecule has 4 saturated heterocycles. The number of nitrogens with one attached hydrogen (secondary N) is 3. The van der Waals surface area contributed by atoms with E-state index in [9.17, 15) is 44.7 Å². The number of rotatable bonds is 24. The molecule has 1 aromatic rings. The Morgan fingerprint density at radius 3 is 2.26 bits per heavy atom. The number of thioether (sulfide) groups is 1.